The summed E-state index contributed by atoms with van der Waals surface area (Å²) >= 11 is 0. The third-order valence-corrected chi connectivity index (χ3v) is 3.86. The van der Waals surface area contributed by atoms with Crippen LogP contribution in [-0.2, 0) is 11.3 Å². The first-order valence-corrected chi connectivity index (χ1v) is 8.63. The summed E-state index contributed by atoms with van der Waals surface area (Å²) in [6.07, 6.45) is 1.83. The highest BCUT2D eigenvalue weighted by Crippen LogP contribution is 2.10. The Morgan fingerprint density at radius 2 is 2.12 bits per heavy atom. The van der Waals surface area contributed by atoms with Crippen LogP contribution in [0, 0.1) is 0 Å². The van der Waals surface area contributed by atoms with Crippen LogP contribution < -0.4 is 15.5 Å². The molecule has 0 bridgehead atoms. The Bertz CT molecular complexity index is 514. The predicted octanol–water partition coefficient (Wildman–Crippen LogP) is 0.535. The summed E-state index contributed by atoms with van der Waals surface area (Å²) in [4.78, 5) is 13.4. The third kappa shape index (κ3) is 6.33. The molecule has 7 heteroatoms. The molecule has 0 amide bonds. The van der Waals surface area contributed by atoms with Crippen molar-refractivity contribution in [1.82, 2.24) is 20.5 Å². The Morgan fingerprint density at radius 1 is 1.33 bits per heavy atom. The molecule has 1 aliphatic rings. The first-order valence-electron chi connectivity index (χ1n) is 8.63. The highest BCUT2D eigenvalue weighted by atomic mass is 16.5. The molecule has 2 heterocycles. The van der Waals surface area contributed by atoms with Gasteiger partial charge in [0, 0.05) is 53.0 Å². The smallest absolute Gasteiger partial charge is 0.191 e. The standard InChI is InChI=1S/C17H30N6O/c1-4-18-17(20-7-8-23-9-11-24-12-10-23)21-14-15-5-6-19-16(13-15)22(2)3/h5-6,13H,4,7-12,14H2,1-3H3,(H2,18,20,21). The van der Waals surface area contributed by atoms with Gasteiger partial charge in [-0.05, 0) is 24.6 Å². The number of nitrogens with zero attached hydrogens (tertiary/aromatic N) is 4. The molecule has 1 aromatic rings. The summed E-state index contributed by atoms with van der Waals surface area (Å²) in [6.45, 7) is 9.15. The van der Waals surface area contributed by atoms with Crippen molar-refractivity contribution in [2.45, 2.75) is 13.5 Å². The zero-order valence-corrected chi connectivity index (χ0v) is 15.1. The van der Waals surface area contributed by atoms with Crippen LogP contribution in [0.4, 0.5) is 5.82 Å². The Hall–Kier alpha value is -1.86. The monoisotopic (exact) mass is 334 g/mol. The van der Waals surface area contributed by atoms with E-state index in [9.17, 15) is 0 Å². The molecule has 2 rings (SSSR count). The van der Waals surface area contributed by atoms with Gasteiger partial charge in [-0.15, -0.1) is 0 Å². The Morgan fingerprint density at radius 3 is 2.83 bits per heavy atom. The molecule has 0 atom stereocenters. The van der Waals surface area contributed by atoms with Crippen molar-refractivity contribution < 1.29 is 4.74 Å². The summed E-state index contributed by atoms with van der Waals surface area (Å²) in [7, 11) is 3.99. The van der Waals surface area contributed by atoms with Crippen LogP contribution in [0.2, 0.25) is 0 Å². The molecule has 0 saturated carbocycles. The van der Waals surface area contributed by atoms with Gasteiger partial charge in [-0.1, -0.05) is 0 Å². The molecule has 24 heavy (non-hydrogen) atoms. The van der Waals surface area contributed by atoms with Gasteiger partial charge in [0.1, 0.15) is 5.82 Å². The number of anilines is 1. The van der Waals surface area contributed by atoms with Crippen LogP contribution in [0.3, 0.4) is 0 Å². The number of aliphatic imine (C=N–C) groups is 1. The van der Waals surface area contributed by atoms with Crippen LogP contribution in [0.5, 0.6) is 0 Å². The van der Waals surface area contributed by atoms with Crippen molar-refractivity contribution in [3.63, 3.8) is 0 Å². The summed E-state index contributed by atoms with van der Waals surface area (Å²) < 4.78 is 5.37. The highest BCUT2D eigenvalue weighted by Gasteiger charge is 2.09. The van der Waals surface area contributed by atoms with Gasteiger partial charge < -0.3 is 20.3 Å². The van der Waals surface area contributed by atoms with Crippen LogP contribution in [-0.4, -0.2) is 75.9 Å². The van der Waals surface area contributed by atoms with Crippen molar-refractivity contribution in [3.05, 3.63) is 23.9 Å². The number of pyridine rings is 1. The number of guanidine groups is 1. The highest BCUT2D eigenvalue weighted by molar-refractivity contribution is 5.79. The molecule has 1 fully saturated rings. The van der Waals surface area contributed by atoms with Crippen LogP contribution in [0.25, 0.3) is 0 Å². The zero-order chi connectivity index (χ0) is 17.2. The second kappa shape index (κ2) is 10.1. The zero-order valence-electron chi connectivity index (χ0n) is 15.1. The van der Waals surface area contributed by atoms with E-state index < -0.39 is 0 Å². The lowest BCUT2D eigenvalue weighted by atomic mass is 10.2. The van der Waals surface area contributed by atoms with E-state index in [-0.39, 0.29) is 0 Å². The minimum absolute atomic E-state index is 0.635. The lowest BCUT2D eigenvalue weighted by Gasteiger charge is -2.26. The van der Waals surface area contributed by atoms with Gasteiger partial charge in [-0.25, -0.2) is 9.98 Å². The van der Waals surface area contributed by atoms with E-state index in [0.29, 0.717) is 6.54 Å². The van der Waals surface area contributed by atoms with Gasteiger partial charge in [-0.3, -0.25) is 4.90 Å². The molecule has 134 valence electrons. The van der Waals surface area contributed by atoms with E-state index in [1.54, 1.807) is 0 Å². The van der Waals surface area contributed by atoms with Gasteiger partial charge in [0.2, 0.25) is 0 Å². The fourth-order valence-electron chi connectivity index (χ4n) is 2.47. The van der Waals surface area contributed by atoms with Gasteiger partial charge in [0.25, 0.3) is 0 Å². The summed E-state index contributed by atoms with van der Waals surface area (Å²) in [5.74, 6) is 1.81. The minimum Gasteiger partial charge on any atom is -0.379 e. The average molecular weight is 334 g/mol. The van der Waals surface area contributed by atoms with Crippen LogP contribution in [0.15, 0.2) is 23.3 Å². The number of morpholine rings is 1. The maximum absolute atomic E-state index is 5.37. The number of nitrogens with one attached hydrogen (secondary N) is 2. The third-order valence-electron chi connectivity index (χ3n) is 3.86. The fraction of sp³-hybridized carbons (Fsp3) is 0.647. The number of ether oxygens (including phenoxy) is 1. The van der Waals surface area contributed by atoms with Gasteiger partial charge in [0.15, 0.2) is 5.96 Å². The molecule has 0 aliphatic carbocycles. The van der Waals surface area contributed by atoms with Gasteiger partial charge >= 0.3 is 0 Å². The van der Waals surface area contributed by atoms with E-state index >= 15 is 0 Å². The second-order valence-corrected chi connectivity index (χ2v) is 5.99. The maximum atomic E-state index is 5.37. The summed E-state index contributed by atoms with van der Waals surface area (Å²) in [5, 5.41) is 6.70. The number of hydrogen-bond donors (Lipinski definition) is 2. The molecule has 1 saturated heterocycles. The number of hydrogen-bond acceptors (Lipinski definition) is 5. The predicted molar refractivity (Wildman–Crippen MR) is 98.6 cm³/mol. The second-order valence-electron chi connectivity index (χ2n) is 5.99. The van der Waals surface area contributed by atoms with E-state index in [1.807, 2.05) is 31.3 Å². The van der Waals surface area contributed by atoms with Crippen molar-refractivity contribution in [2.75, 3.05) is 64.9 Å². The molecule has 7 nitrogen and oxygen atoms in total. The van der Waals surface area contributed by atoms with Crippen LogP contribution >= 0.6 is 0 Å². The average Bonchev–Trinajstić information content (AvgIpc) is 2.61. The Balaban J connectivity index is 1.84. The lowest BCUT2D eigenvalue weighted by Crippen LogP contribution is -2.44. The normalized spacial score (nSPS) is 16.0. The lowest BCUT2D eigenvalue weighted by molar-refractivity contribution is 0.0389. The molecular weight excluding hydrogens is 304 g/mol. The first-order chi connectivity index (χ1) is 11.7. The SMILES string of the molecule is CCNC(=NCc1ccnc(N(C)C)c1)NCCN1CCOCC1. The number of rotatable bonds is 7. The van der Waals surface area contributed by atoms with Crippen molar-refractivity contribution >= 4 is 11.8 Å². The molecule has 1 aliphatic heterocycles. The van der Waals surface area contributed by atoms with E-state index in [1.165, 1.54) is 0 Å². The largest absolute Gasteiger partial charge is 0.379 e. The molecule has 2 N–H and O–H groups in total. The van der Waals surface area contributed by atoms with Crippen molar-refractivity contribution in [3.8, 4) is 0 Å². The molecule has 1 aromatic heterocycles. The molecule has 0 aromatic carbocycles. The van der Waals surface area contributed by atoms with E-state index in [0.717, 1.165) is 63.3 Å². The minimum atomic E-state index is 0.635. The van der Waals surface area contributed by atoms with Crippen molar-refractivity contribution in [1.29, 1.82) is 0 Å². The van der Waals surface area contributed by atoms with Gasteiger partial charge in [0.05, 0.1) is 19.8 Å². The topological polar surface area (TPSA) is 65.0 Å². The summed E-state index contributed by atoms with van der Waals surface area (Å²) in [5.41, 5.74) is 1.15. The van der Waals surface area contributed by atoms with E-state index in [2.05, 4.69) is 38.5 Å². The molecule has 0 unspecified atom stereocenters. The van der Waals surface area contributed by atoms with Gasteiger partial charge in [-0.2, -0.15) is 0 Å². The fourth-order valence-corrected chi connectivity index (χ4v) is 2.47. The quantitative estimate of drug-likeness (QED) is 0.560. The molecule has 0 radical (unpaired) electrons. The number of aromatic nitrogens is 1. The summed E-state index contributed by atoms with van der Waals surface area (Å²) in [6, 6.07) is 4.08. The van der Waals surface area contributed by atoms with Crippen molar-refractivity contribution in [2.24, 2.45) is 4.99 Å². The Kier molecular flexibility index (Phi) is 7.77. The molecular formula is C17H30N6O. The van der Waals surface area contributed by atoms with Crippen LogP contribution in [0.1, 0.15) is 12.5 Å². The Labute approximate surface area is 145 Å². The molecule has 0 spiro atoms. The first kappa shape index (κ1) is 18.5. The van der Waals surface area contributed by atoms with E-state index in [4.69, 9.17) is 4.74 Å². The maximum Gasteiger partial charge on any atom is 0.191 e.